The van der Waals surface area contributed by atoms with Crippen LogP contribution in [0.25, 0.3) is 0 Å². The molecule has 0 N–H and O–H groups in total. The number of nitro groups is 1. The Kier molecular flexibility index (Phi) is 3.55. The van der Waals surface area contributed by atoms with Crippen molar-refractivity contribution in [1.82, 2.24) is 0 Å². The van der Waals surface area contributed by atoms with Gasteiger partial charge in [-0.15, -0.1) is 0 Å². The van der Waals surface area contributed by atoms with Crippen LogP contribution >= 0.6 is 0 Å². The van der Waals surface area contributed by atoms with E-state index in [0.717, 1.165) is 24.9 Å². The molecule has 29 heavy (non-hydrogen) atoms. The Labute approximate surface area is 170 Å². The third kappa shape index (κ3) is 2.38. The number of nitrogens with zero attached hydrogens (tertiary/aromatic N) is 2. The van der Waals surface area contributed by atoms with E-state index >= 15 is 0 Å². The number of fused-ring (bicyclic) bond motifs is 4. The lowest BCUT2D eigenvalue weighted by Gasteiger charge is -2.51. The Balaban J connectivity index is 1.57. The van der Waals surface area contributed by atoms with Crippen LogP contribution in [0.2, 0.25) is 0 Å². The predicted molar refractivity (Wildman–Crippen MR) is 114 cm³/mol. The summed E-state index contributed by atoms with van der Waals surface area (Å²) >= 11 is 0. The van der Waals surface area contributed by atoms with E-state index in [0.29, 0.717) is 23.7 Å². The zero-order valence-corrected chi connectivity index (χ0v) is 16.5. The normalized spacial score (nSPS) is 30.8. The first-order valence-electron chi connectivity index (χ1n) is 10.6. The van der Waals surface area contributed by atoms with Crippen LogP contribution in [0.5, 0.6) is 0 Å². The highest BCUT2D eigenvalue weighted by Gasteiger charge is 2.47. The van der Waals surface area contributed by atoms with Crippen molar-refractivity contribution < 1.29 is 4.92 Å². The van der Waals surface area contributed by atoms with E-state index in [1.165, 1.54) is 22.4 Å². The molecule has 4 nitrogen and oxygen atoms in total. The summed E-state index contributed by atoms with van der Waals surface area (Å²) in [5.74, 6) is 1.94. The van der Waals surface area contributed by atoms with Crippen molar-refractivity contribution in [2.75, 3.05) is 11.4 Å². The summed E-state index contributed by atoms with van der Waals surface area (Å²) in [7, 11) is 0. The van der Waals surface area contributed by atoms with Gasteiger partial charge in [0.25, 0.3) is 5.69 Å². The van der Waals surface area contributed by atoms with Gasteiger partial charge < -0.3 is 4.90 Å². The molecule has 0 fully saturated rings. The number of rotatable bonds is 2. The minimum Gasteiger partial charge on any atom is -0.363 e. The third-order valence-electron chi connectivity index (χ3n) is 7.42. The maximum Gasteiger partial charge on any atom is 0.269 e. The summed E-state index contributed by atoms with van der Waals surface area (Å²) in [6.45, 7) is 3.24. The second-order valence-corrected chi connectivity index (χ2v) is 9.04. The summed E-state index contributed by atoms with van der Waals surface area (Å²) in [5.41, 5.74) is 6.93. The van der Waals surface area contributed by atoms with Gasteiger partial charge in [0.05, 0.1) is 11.0 Å². The molecule has 0 aromatic heterocycles. The molecule has 146 valence electrons. The van der Waals surface area contributed by atoms with Crippen LogP contribution in [-0.2, 0) is 0 Å². The predicted octanol–water partition coefficient (Wildman–Crippen LogP) is 5.80. The summed E-state index contributed by atoms with van der Waals surface area (Å²) in [4.78, 5) is 13.8. The van der Waals surface area contributed by atoms with E-state index in [9.17, 15) is 10.1 Å². The van der Waals surface area contributed by atoms with Gasteiger partial charge in [-0.2, -0.15) is 0 Å². The first-order chi connectivity index (χ1) is 14.1. The Morgan fingerprint density at radius 2 is 1.79 bits per heavy atom. The minimum atomic E-state index is -0.271. The molecular weight excluding hydrogens is 360 g/mol. The molecule has 2 aromatic carbocycles. The van der Waals surface area contributed by atoms with Gasteiger partial charge in [-0.25, -0.2) is 0 Å². The molecule has 4 heteroatoms. The zero-order chi connectivity index (χ0) is 19.7. The van der Waals surface area contributed by atoms with Crippen molar-refractivity contribution in [3.05, 3.63) is 93.1 Å². The van der Waals surface area contributed by atoms with E-state index < -0.39 is 0 Å². The number of non-ortho nitro benzene ring substituents is 1. The Morgan fingerprint density at radius 3 is 2.62 bits per heavy atom. The van der Waals surface area contributed by atoms with Gasteiger partial charge in [0.1, 0.15) is 0 Å². The van der Waals surface area contributed by atoms with Crippen molar-refractivity contribution in [2.45, 2.75) is 37.6 Å². The maximum atomic E-state index is 11.4. The molecule has 0 unspecified atom stereocenters. The van der Waals surface area contributed by atoms with Crippen molar-refractivity contribution in [3.8, 4) is 0 Å². The molecule has 0 saturated heterocycles. The molecule has 0 amide bonds. The van der Waals surface area contributed by atoms with E-state index in [-0.39, 0.29) is 16.7 Å². The Morgan fingerprint density at radius 1 is 1.03 bits per heavy atom. The standard InChI is InChI=1S/C25H24N2O2/c1-15-11-22-19-8-3-6-17(19)14-26-24(16-5-2-7-18(13-16)27(28)29)21-10-4-9-20(21)23(12-15)25(22)26/h2-5,7-9,11-13,17,19-21,24H,6,10,14H2,1H3/t17-,19+,20-,21+,24+/m1/s1. The zero-order valence-electron chi connectivity index (χ0n) is 16.5. The van der Waals surface area contributed by atoms with E-state index in [2.05, 4.69) is 54.3 Å². The van der Waals surface area contributed by atoms with Crippen molar-refractivity contribution in [3.63, 3.8) is 0 Å². The highest BCUT2D eigenvalue weighted by atomic mass is 16.6. The molecule has 2 aromatic rings. The number of hydrogen-bond donors (Lipinski definition) is 0. The largest absolute Gasteiger partial charge is 0.363 e. The highest BCUT2D eigenvalue weighted by Crippen LogP contribution is 2.59. The topological polar surface area (TPSA) is 46.4 Å². The van der Waals surface area contributed by atoms with Crippen molar-refractivity contribution in [2.24, 2.45) is 11.8 Å². The number of hydrogen-bond acceptors (Lipinski definition) is 3. The van der Waals surface area contributed by atoms with Crippen LogP contribution in [0, 0.1) is 28.9 Å². The number of anilines is 1. The van der Waals surface area contributed by atoms with Crippen molar-refractivity contribution in [1.29, 1.82) is 0 Å². The van der Waals surface area contributed by atoms with Gasteiger partial charge in [0.2, 0.25) is 0 Å². The Hall–Kier alpha value is -2.88. The van der Waals surface area contributed by atoms with Gasteiger partial charge >= 0.3 is 0 Å². The second-order valence-electron chi connectivity index (χ2n) is 9.04. The monoisotopic (exact) mass is 384 g/mol. The maximum absolute atomic E-state index is 11.4. The summed E-state index contributed by atoms with van der Waals surface area (Å²) in [6, 6.07) is 12.3. The molecule has 2 aliphatic heterocycles. The number of aryl methyl sites for hydroxylation is 1. The van der Waals surface area contributed by atoms with Crippen LogP contribution in [0.4, 0.5) is 11.4 Å². The molecule has 5 atom stereocenters. The molecule has 0 bridgehead atoms. The first kappa shape index (κ1) is 17.0. The van der Waals surface area contributed by atoms with Crippen LogP contribution in [-0.4, -0.2) is 11.5 Å². The van der Waals surface area contributed by atoms with E-state index in [1.54, 1.807) is 12.1 Å². The summed E-state index contributed by atoms with van der Waals surface area (Å²) in [6.07, 6.45) is 11.6. The summed E-state index contributed by atoms with van der Waals surface area (Å²) in [5, 5.41) is 11.4. The molecule has 0 saturated carbocycles. The number of nitro benzene ring substituents is 1. The van der Waals surface area contributed by atoms with Crippen LogP contribution in [0.3, 0.4) is 0 Å². The molecule has 4 aliphatic rings. The molecule has 6 rings (SSSR count). The fraction of sp³-hybridized carbons (Fsp3) is 0.360. The highest BCUT2D eigenvalue weighted by molar-refractivity contribution is 5.71. The average Bonchev–Trinajstić information content (AvgIpc) is 3.37. The van der Waals surface area contributed by atoms with Crippen LogP contribution in [0.1, 0.15) is 53.0 Å². The SMILES string of the molecule is Cc1cc2c3c(c1)[C@@H]1C=CC[C@@H]1[C@H](c1cccc([N+](=O)[O-])c1)N3C[C@H]1CC=C[C@H]21. The van der Waals surface area contributed by atoms with Crippen molar-refractivity contribution >= 4 is 11.4 Å². The molecule has 2 heterocycles. The molecular formula is C25H24N2O2. The lowest BCUT2D eigenvalue weighted by molar-refractivity contribution is -0.384. The van der Waals surface area contributed by atoms with Gasteiger partial charge in [0, 0.05) is 36.2 Å². The van der Waals surface area contributed by atoms with Crippen LogP contribution in [0.15, 0.2) is 60.7 Å². The van der Waals surface area contributed by atoms with Gasteiger partial charge in [-0.05, 0) is 48.3 Å². The number of allylic oxidation sites excluding steroid dienone is 4. The van der Waals surface area contributed by atoms with Gasteiger partial charge in [0.15, 0.2) is 0 Å². The minimum absolute atomic E-state index is 0.186. The first-order valence-corrected chi connectivity index (χ1v) is 10.6. The van der Waals surface area contributed by atoms with E-state index in [4.69, 9.17) is 0 Å². The molecule has 2 aliphatic carbocycles. The van der Waals surface area contributed by atoms with Gasteiger partial charge in [-0.3, -0.25) is 10.1 Å². The second kappa shape index (κ2) is 6.06. The Bertz CT molecular complexity index is 1070. The lowest BCUT2D eigenvalue weighted by Crippen LogP contribution is -2.46. The molecule has 0 radical (unpaired) electrons. The quantitative estimate of drug-likeness (QED) is 0.374. The van der Waals surface area contributed by atoms with Gasteiger partial charge in [-0.1, -0.05) is 54.1 Å². The summed E-state index contributed by atoms with van der Waals surface area (Å²) < 4.78 is 0. The third-order valence-corrected chi connectivity index (χ3v) is 7.42. The molecule has 0 spiro atoms. The average molecular weight is 384 g/mol. The number of benzene rings is 2. The smallest absolute Gasteiger partial charge is 0.269 e. The fourth-order valence-corrected chi connectivity index (χ4v) is 6.33. The van der Waals surface area contributed by atoms with E-state index in [1.807, 2.05) is 6.07 Å². The lowest BCUT2D eigenvalue weighted by atomic mass is 9.70. The van der Waals surface area contributed by atoms with Crippen LogP contribution < -0.4 is 4.90 Å². The fourth-order valence-electron chi connectivity index (χ4n) is 6.33.